The maximum absolute atomic E-state index is 12.3. The van der Waals surface area contributed by atoms with Crippen LogP contribution in [0.5, 0.6) is 0 Å². The van der Waals surface area contributed by atoms with Crippen LogP contribution in [0, 0.1) is 11.3 Å². The predicted octanol–water partition coefficient (Wildman–Crippen LogP) is 1.87. The molecule has 0 heterocycles. The summed E-state index contributed by atoms with van der Waals surface area (Å²) in [6.07, 6.45) is 0.585. The zero-order valence-corrected chi connectivity index (χ0v) is 12.3. The van der Waals surface area contributed by atoms with Crippen molar-refractivity contribution in [3.8, 4) is 6.07 Å². The molecule has 0 aliphatic rings. The maximum atomic E-state index is 12.3. The van der Waals surface area contributed by atoms with Gasteiger partial charge in [0.15, 0.2) is 0 Å². The number of benzene rings is 1. The molecule has 19 heavy (non-hydrogen) atoms. The van der Waals surface area contributed by atoms with Crippen LogP contribution in [-0.4, -0.2) is 40.0 Å². The average Bonchev–Trinajstić information content (AvgIpc) is 2.39. The third kappa shape index (κ3) is 3.91. The molecule has 0 atom stereocenters. The average molecular weight is 303 g/mol. The van der Waals surface area contributed by atoms with Crippen LogP contribution in [0.4, 0.5) is 0 Å². The van der Waals surface area contributed by atoms with Gasteiger partial charge in [0.1, 0.15) is 4.90 Å². The highest BCUT2D eigenvalue weighted by atomic mass is 35.5. The van der Waals surface area contributed by atoms with Crippen LogP contribution in [0.15, 0.2) is 23.1 Å². The lowest BCUT2D eigenvalue weighted by Gasteiger charge is -2.17. The molecule has 0 aliphatic carbocycles. The summed E-state index contributed by atoms with van der Waals surface area (Å²) < 4.78 is 30.7. The van der Waals surface area contributed by atoms with Crippen LogP contribution in [0.25, 0.3) is 0 Å². The Morgan fingerprint density at radius 2 is 2.16 bits per heavy atom. The van der Waals surface area contributed by atoms with Gasteiger partial charge in [0.05, 0.1) is 16.7 Å². The number of hydrogen-bond donors (Lipinski definition) is 0. The summed E-state index contributed by atoms with van der Waals surface area (Å²) in [5.41, 5.74) is 0.258. The van der Waals surface area contributed by atoms with Crippen LogP contribution in [-0.2, 0) is 14.8 Å². The molecule has 0 amide bonds. The molecule has 0 fully saturated rings. The standard InChI is InChI=1S/C12H15ClN2O3S/c1-15(6-3-7-18-2)19(16,17)12-8-10(9-14)4-5-11(12)13/h4-5,8H,3,6-7H2,1-2H3. The van der Waals surface area contributed by atoms with Gasteiger partial charge in [-0.1, -0.05) is 11.6 Å². The lowest BCUT2D eigenvalue weighted by molar-refractivity contribution is 0.189. The molecule has 1 aromatic carbocycles. The van der Waals surface area contributed by atoms with Gasteiger partial charge in [-0.25, -0.2) is 12.7 Å². The monoisotopic (exact) mass is 302 g/mol. The van der Waals surface area contributed by atoms with Crippen LogP contribution in [0.2, 0.25) is 5.02 Å². The van der Waals surface area contributed by atoms with Crippen molar-refractivity contribution < 1.29 is 13.2 Å². The number of rotatable bonds is 6. The summed E-state index contributed by atoms with van der Waals surface area (Å²) in [7, 11) is -0.658. The molecule has 0 saturated heterocycles. The summed E-state index contributed by atoms with van der Waals surface area (Å²) in [5.74, 6) is 0. The highest BCUT2D eigenvalue weighted by Crippen LogP contribution is 2.25. The van der Waals surface area contributed by atoms with Crippen LogP contribution < -0.4 is 0 Å². The van der Waals surface area contributed by atoms with Crippen molar-refractivity contribution in [3.05, 3.63) is 28.8 Å². The molecule has 1 aromatic rings. The third-order valence-electron chi connectivity index (χ3n) is 2.57. The molecule has 0 aromatic heterocycles. The minimum atomic E-state index is -3.69. The zero-order valence-electron chi connectivity index (χ0n) is 10.8. The normalized spacial score (nSPS) is 11.5. The van der Waals surface area contributed by atoms with Crippen LogP contribution in [0.3, 0.4) is 0 Å². The van der Waals surface area contributed by atoms with Gasteiger partial charge < -0.3 is 4.74 Å². The molecule has 104 valence electrons. The first-order chi connectivity index (χ1) is 8.93. The number of sulfonamides is 1. The Balaban J connectivity index is 3.03. The van der Waals surface area contributed by atoms with E-state index in [0.717, 1.165) is 0 Å². The van der Waals surface area contributed by atoms with E-state index in [-0.39, 0.29) is 15.5 Å². The summed E-state index contributed by atoms with van der Waals surface area (Å²) in [4.78, 5) is -0.0480. The summed E-state index contributed by atoms with van der Waals surface area (Å²) in [5, 5.41) is 8.92. The van der Waals surface area contributed by atoms with E-state index in [4.69, 9.17) is 21.6 Å². The molecular weight excluding hydrogens is 288 g/mol. The molecule has 0 radical (unpaired) electrons. The Bertz CT molecular complexity index is 581. The van der Waals surface area contributed by atoms with Gasteiger partial charge in [0.25, 0.3) is 0 Å². The quantitative estimate of drug-likeness (QED) is 0.752. The van der Waals surface area contributed by atoms with E-state index in [1.807, 2.05) is 6.07 Å². The molecule has 0 saturated carbocycles. The van der Waals surface area contributed by atoms with Crippen molar-refractivity contribution >= 4 is 21.6 Å². The molecule has 0 aliphatic heterocycles. The van der Waals surface area contributed by atoms with E-state index in [2.05, 4.69) is 0 Å². The summed E-state index contributed by atoms with van der Waals surface area (Å²) in [6, 6.07) is 6.07. The van der Waals surface area contributed by atoms with Crippen LogP contribution in [0.1, 0.15) is 12.0 Å². The fourth-order valence-electron chi connectivity index (χ4n) is 1.49. The van der Waals surface area contributed by atoms with Gasteiger partial charge in [0.2, 0.25) is 10.0 Å². The highest BCUT2D eigenvalue weighted by molar-refractivity contribution is 7.89. The SMILES string of the molecule is COCCCN(C)S(=O)(=O)c1cc(C#N)ccc1Cl. The van der Waals surface area contributed by atoms with E-state index in [9.17, 15) is 8.42 Å². The topological polar surface area (TPSA) is 70.4 Å². The maximum Gasteiger partial charge on any atom is 0.244 e. The highest BCUT2D eigenvalue weighted by Gasteiger charge is 2.23. The van der Waals surface area contributed by atoms with Gasteiger partial charge in [-0.05, 0) is 24.6 Å². The smallest absolute Gasteiger partial charge is 0.244 e. The van der Waals surface area contributed by atoms with Crippen molar-refractivity contribution in [2.75, 3.05) is 27.3 Å². The molecule has 0 spiro atoms. The van der Waals surface area contributed by atoms with Crippen molar-refractivity contribution in [1.82, 2.24) is 4.31 Å². The number of hydrogen-bond acceptors (Lipinski definition) is 4. The minimum absolute atomic E-state index is 0.0480. The fraction of sp³-hybridized carbons (Fsp3) is 0.417. The van der Waals surface area contributed by atoms with Gasteiger partial charge in [-0.2, -0.15) is 5.26 Å². The summed E-state index contributed by atoms with van der Waals surface area (Å²) >= 11 is 5.90. The van der Waals surface area contributed by atoms with Crippen molar-refractivity contribution in [2.24, 2.45) is 0 Å². The first-order valence-corrected chi connectivity index (χ1v) is 7.40. The first-order valence-electron chi connectivity index (χ1n) is 5.58. The number of ether oxygens (including phenoxy) is 1. The molecule has 5 nitrogen and oxygen atoms in total. The molecule has 7 heteroatoms. The molecule has 1 rings (SSSR count). The molecule has 0 bridgehead atoms. The summed E-state index contributed by atoms with van der Waals surface area (Å²) in [6.45, 7) is 0.801. The number of methoxy groups -OCH3 is 1. The van der Waals surface area contributed by atoms with Crippen molar-refractivity contribution in [1.29, 1.82) is 5.26 Å². The van der Waals surface area contributed by atoms with Crippen molar-refractivity contribution in [3.63, 3.8) is 0 Å². The number of nitrogens with zero attached hydrogens (tertiary/aromatic N) is 2. The van der Waals surface area contributed by atoms with Gasteiger partial charge >= 0.3 is 0 Å². The first kappa shape index (κ1) is 15.9. The Labute approximate surface area is 118 Å². The van der Waals surface area contributed by atoms with Crippen LogP contribution >= 0.6 is 11.6 Å². The second kappa shape index (κ2) is 6.87. The van der Waals surface area contributed by atoms with E-state index >= 15 is 0 Å². The van der Waals surface area contributed by atoms with Crippen molar-refractivity contribution in [2.45, 2.75) is 11.3 Å². The molecule has 0 N–H and O–H groups in total. The number of nitriles is 1. The molecule has 0 unspecified atom stereocenters. The Morgan fingerprint density at radius 3 is 2.74 bits per heavy atom. The minimum Gasteiger partial charge on any atom is -0.385 e. The third-order valence-corrected chi connectivity index (χ3v) is 4.91. The largest absolute Gasteiger partial charge is 0.385 e. The fourth-order valence-corrected chi connectivity index (χ4v) is 3.20. The number of halogens is 1. The van der Waals surface area contributed by atoms with Gasteiger partial charge in [-0.3, -0.25) is 0 Å². The van der Waals surface area contributed by atoms with E-state index in [1.165, 1.54) is 29.6 Å². The Hall–Kier alpha value is -1.13. The zero-order chi connectivity index (χ0) is 14.5. The van der Waals surface area contributed by atoms with E-state index in [1.54, 1.807) is 7.11 Å². The Morgan fingerprint density at radius 1 is 1.47 bits per heavy atom. The second-order valence-electron chi connectivity index (χ2n) is 3.93. The lowest BCUT2D eigenvalue weighted by Crippen LogP contribution is -2.28. The lowest BCUT2D eigenvalue weighted by atomic mass is 10.2. The van der Waals surface area contributed by atoms with Gasteiger partial charge in [-0.15, -0.1) is 0 Å². The Kier molecular flexibility index (Phi) is 5.76. The predicted molar refractivity (Wildman–Crippen MR) is 72.5 cm³/mol. The second-order valence-corrected chi connectivity index (χ2v) is 6.35. The van der Waals surface area contributed by atoms with E-state index < -0.39 is 10.0 Å². The van der Waals surface area contributed by atoms with Gasteiger partial charge in [0, 0.05) is 27.3 Å². The molecular formula is C12H15ClN2O3S. The van der Waals surface area contributed by atoms with E-state index in [0.29, 0.717) is 19.6 Å².